The normalized spacial score (nSPS) is 9.00. The van der Waals surface area contributed by atoms with E-state index in [0.717, 1.165) is 6.54 Å². The van der Waals surface area contributed by atoms with Gasteiger partial charge in [0.25, 0.3) is 5.91 Å². The number of hydrogen-bond acceptors (Lipinski definition) is 3. The molecule has 4 heteroatoms. The lowest BCUT2D eigenvalue weighted by Crippen LogP contribution is -2.25. The third kappa shape index (κ3) is 6.84. The molecule has 0 aliphatic carbocycles. The van der Waals surface area contributed by atoms with Crippen molar-refractivity contribution in [2.45, 2.75) is 0 Å². The minimum absolute atomic E-state index is 0.528. The summed E-state index contributed by atoms with van der Waals surface area (Å²) in [6, 6.07) is 0. The predicted octanol–water partition coefficient (Wildman–Crippen LogP) is -1.63. The van der Waals surface area contributed by atoms with Crippen molar-refractivity contribution in [1.29, 1.82) is 0 Å². The highest BCUT2D eigenvalue weighted by molar-refractivity contribution is 5.91. The number of hydrogen-bond donors (Lipinski definition) is 2. The average Bonchev–Trinajstić information content (AvgIpc) is 1.87. The van der Waals surface area contributed by atoms with E-state index in [1.165, 1.54) is 0 Å². The maximum atomic E-state index is 10.1. The summed E-state index contributed by atoms with van der Waals surface area (Å²) in [5.74, 6) is 4.26. The van der Waals surface area contributed by atoms with E-state index in [0.29, 0.717) is 13.1 Å². The first kappa shape index (κ1) is 9.95. The molecule has 0 aliphatic rings. The number of carbonyl (C=O) groups excluding carboxylic acids is 1. The molecule has 0 aromatic carbocycles. The summed E-state index contributed by atoms with van der Waals surface area (Å²) in [6.07, 6.45) is 0. The predicted molar refractivity (Wildman–Crippen MR) is 43.5 cm³/mol. The van der Waals surface area contributed by atoms with Gasteiger partial charge >= 0.3 is 0 Å². The van der Waals surface area contributed by atoms with Crippen molar-refractivity contribution < 1.29 is 4.79 Å². The van der Waals surface area contributed by atoms with Crippen molar-refractivity contribution in [2.75, 3.05) is 26.7 Å². The molecule has 0 spiro atoms. The Hall–Kier alpha value is -1.05. The van der Waals surface area contributed by atoms with Crippen LogP contribution in [0.15, 0.2) is 0 Å². The van der Waals surface area contributed by atoms with Crippen LogP contribution in [0.25, 0.3) is 0 Å². The topological polar surface area (TPSA) is 72.3 Å². The van der Waals surface area contributed by atoms with Gasteiger partial charge in [-0.05, 0) is 13.0 Å². The van der Waals surface area contributed by atoms with E-state index in [4.69, 9.17) is 11.5 Å². The molecule has 0 aliphatic heterocycles. The molecule has 0 bridgehead atoms. The van der Waals surface area contributed by atoms with Crippen molar-refractivity contribution in [1.82, 2.24) is 4.90 Å². The minimum Gasteiger partial charge on any atom is -0.359 e. The molecule has 0 aromatic heterocycles. The number of rotatable bonds is 3. The van der Waals surface area contributed by atoms with Crippen LogP contribution in [0.2, 0.25) is 0 Å². The van der Waals surface area contributed by atoms with E-state index in [1.54, 1.807) is 0 Å². The fourth-order valence-corrected chi connectivity index (χ4v) is 0.561. The Bertz CT molecular complexity index is 180. The number of carbonyl (C=O) groups is 1. The summed E-state index contributed by atoms with van der Waals surface area (Å²) in [7, 11) is 1.88. The lowest BCUT2D eigenvalue weighted by Gasteiger charge is -2.09. The van der Waals surface area contributed by atoms with Gasteiger partial charge in [0, 0.05) is 13.1 Å². The molecule has 0 unspecified atom stereocenters. The summed E-state index contributed by atoms with van der Waals surface area (Å²) in [6.45, 7) is 1.89. The van der Waals surface area contributed by atoms with E-state index < -0.39 is 5.91 Å². The van der Waals surface area contributed by atoms with Crippen molar-refractivity contribution in [3.05, 3.63) is 0 Å². The van der Waals surface area contributed by atoms with Crippen LogP contribution in [0, 0.1) is 11.8 Å². The quantitative estimate of drug-likeness (QED) is 0.480. The molecular weight excluding hydrogens is 142 g/mol. The fraction of sp³-hybridized carbons (Fsp3) is 0.571. The molecule has 1 amide bonds. The second-order valence-corrected chi connectivity index (χ2v) is 2.19. The second kappa shape index (κ2) is 5.71. The van der Waals surface area contributed by atoms with E-state index in [2.05, 4.69) is 11.8 Å². The van der Waals surface area contributed by atoms with Gasteiger partial charge < -0.3 is 11.5 Å². The Kier molecular flexibility index (Phi) is 5.17. The first-order valence-electron chi connectivity index (χ1n) is 3.33. The first-order valence-corrected chi connectivity index (χ1v) is 3.33. The highest BCUT2D eigenvalue weighted by Gasteiger charge is 1.90. The van der Waals surface area contributed by atoms with Crippen LogP contribution in [-0.4, -0.2) is 37.5 Å². The monoisotopic (exact) mass is 155 g/mol. The van der Waals surface area contributed by atoms with E-state index in [9.17, 15) is 4.79 Å². The van der Waals surface area contributed by atoms with Gasteiger partial charge in [0.1, 0.15) is 0 Å². The zero-order valence-electron chi connectivity index (χ0n) is 6.63. The molecule has 0 fully saturated rings. The van der Waals surface area contributed by atoms with Crippen molar-refractivity contribution in [3.63, 3.8) is 0 Å². The summed E-state index contributed by atoms with van der Waals surface area (Å²) in [4.78, 5) is 12.1. The number of primary amides is 1. The molecule has 0 rings (SSSR count). The molecule has 11 heavy (non-hydrogen) atoms. The summed E-state index contributed by atoms with van der Waals surface area (Å²) in [5.41, 5.74) is 10.1. The lowest BCUT2D eigenvalue weighted by atomic mass is 10.5. The van der Waals surface area contributed by atoms with Gasteiger partial charge in [-0.15, -0.1) is 0 Å². The van der Waals surface area contributed by atoms with Gasteiger partial charge in [0.2, 0.25) is 0 Å². The highest BCUT2D eigenvalue weighted by atomic mass is 16.1. The van der Waals surface area contributed by atoms with Crippen LogP contribution in [0.4, 0.5) is 0 Å². The maximum absolute atomic E-state index is 10.1. The smallest absolute Gasteiger partial charge is 0.293 e. The van der Waals surface area contributed by atoms with E-state index >= 15 is 0 Å². The molecule has 0 aromatic rings. The summed E-state index contributed by atoms with van der Waals surface area (Å²) < 4.78 is 0. The number of likely N-dealkylation sites (N-methyl/N-ethyl adjacent to an activating group) is 1. The Labute approximate surface area is 66.5 Å². The maximum Gasteiger partial charge on any atom is 0.293 e. The van der Waals surface area contributed by atoms with E-state index in [1.807, 2.05) is 11.9 Å². The number of nitrogens with zero attached hydrogens (tertiary/aromatic N) is 1. The van der Waals surface area contributed by atoms with Crippen molar-refractivity contribution >= 4 is 5.91 Å². The third-order valence-corrected chi connectivity index (χ3v) is 1.07. The summed E-state index contributed by atoms with van der Waals surface area (Å²) in [5, 5.41) is 0. The van der Waals surface area contributed by atoms with Gasteiger partial charge in [0.15, 0.2) is 0 Å². The average molecular weight is 155 g/mol. The largest absolute Gasteiger partial charge is 0.359 e. The molecule has 4 N–H and O–H groups in total. The van der Waals surface area contributed by atoms with Crippen LogP contribution < -0.4 is 11.5 Å². The Morgan fingerprint density at radius 1 is 1.64 bits per heavy atom. The van der Waals surface area contributed by atoms with Crippen LogP contribution in [0.5, 0.6) is 0 Å². The van der Waals surface area contributed by atoms with Crippen LogP contribution >= 0.6 is 0 Å². The molecule has 0 atom stereocenters. The lowest BCUT2D eigenvalue weighted by molar-refractivity contribution is -0.112. The van der Waals surface area contributed by atoms with E-state index in [-0.39, 0.29) is 0 Å². The van der Waals surface area contributed by atoms with Crippen LogP contribution in [-0.2, 0) is 4.79 Å². The SMILES string of the molecule is CN(CC#CC(N)=O)CCN. The number of amides is 1. The van der Waals surface area contributed by atoms with Crippen molar-refractivity contribution in [3.8, 4) is 11.8 Å². The second-order valence-electron chi connectivity index (χ2n) is 2.19. The fourth-order valence-electron chi connectivity index (χ4n) is 0.561. The zero-order valence-corrected chi connectivity index (χ0v) is 6.63. The molecule has 62 valence electrons. The Balaban J connectivity index is 3.54. The summed E-state index contributed by atoms with van der Waals surface area (Å²) >= 11 is 0. The first-order chi connectivity index (χ1) is 5.16. The molecule has 0 saturated carbocycles. The van der Waals surface area contributed by atoms with Crippen LogP contribution in [0.3, 0.4) is 0 Å². The van der Waals surface area contributed by atoms with Gasteiger partial charge in [-0.2, -0.15) is 0 Å². The van der Waals surface area contributed by atoms with Gasteiger partial charge in [-0.1, -0.05) is 5.92 Å². The molecule has 0 radical (unpaired) electrons. The number of nitrogens with two attached hydrogens (primary N) is 2. The third-order valence-electron chi connectivity index (χ3n) is 1.07. The Morgan fingerprint density at radius 3 is 2.73 bits per heavy atom. The molecule has 0 heterocycles. The highest BCUT2D eigenvalue weighted by Crippen LogP contribution is 1.75. The molecule has 0 saturated heterocycles. The minimum atomic E-state index is -0.592. The standard InChI is InChI=1S/C7H13N3O/c1-10(6-4-8)5-2-3-7(9)11/h4-6,8H2,1H3,(H2,9,11). The molecular formula is C7H13N3O. The van der Waals surface area contributed by atoms with Gasteiger partial charge in [-0.3, -0.25) is 9.69 Å². The molecule has 4 nitrogen and oxygen atoms in total. The Morgan fingerprint density at radius 2 is 2.27 bits per heavy atom. The van der Waals surface area contributed by atoms with Crippen molar-refractivity contribution in [2.24, 2.45) is 11.5 Å². The van der Waals surface area contributed by atoms with Gasteiger partial charge in [-0.25, -0.2) is 0 Å². The van der Waals surface area contributed by atoms with Gasteiger partial charge in [0.05, 0.1) is 6.54 Å². The van der Waals surface area contributed by atoms with Crippen LogP contribution in [0.1, 0.15) is 0 Å². The zero-order chi connectivity index (χ0) is 8.69.